The van der Waals surface area contributed by atoms with Gasteiger partial charge in [0.05, 0.1) is 17.3 Å². The Morgan fingerprint density at radius 3 is 2.95 bits per heavy atom. The number of hydrogen-bond donors (Lipinski definition) is 1. The van der Waals surface area contributed by atoms with E-state index < -0.39 is 11.8 Å². The second-order valence-electron chi connectivity index (χ2n) is 3.95. The number of nitrogens with one attached hydrogen (secondary N) is 1. The molecular weight excluding hydrogens is 303 g/mol. The van der Waals surface area contributed by atoms with Crippen molar-refractivity contribution in [2.45, 2.75) is 13.8 Å². The lowest BCUT2D eigenvalue weighted by molar-refractivity contribution is 0.0527. The van der Waals surface area contributed by atoms with Crippen LogP contribution in [0.2, 0.25) is 5.02 Å². The highest BCUT2D eigenvalue weighted by molar-refractivity contribution is 7.10. The number of ether oxygens (including phenoxy) is 1. The molecule has 20 heavy (non-hydrogen) atoms. The van der Waals surface area contributed by atoms with Gasteiger partial charge in [-0.05, 0) is 43.6 Å². The Labute approximate surface area is 124 Å². The standard InChI is InChI=1S/C13H12ClFN2O2S/c1-3-19-13(18)11-7(2)17-20-12(11)16-8-4-5-10(15)9(14)6-8/h4-6,16H,3H2,1-2H3. The number of anilines is 2. The molecule has 0 aliphatic heterocycles. The summed E-state index contributed by atoms with van der Waals surface area (Å²) in [6.45, 7) is 3.75. The predicted octanol–water partition coefficient (Wildman–Crippen LogP) is 4.16. The van der Waals surface area contributed by atoms with Gasteiger partial charge >= 0.3 is 5.97 Å². The van der Waals surface area contributed by atoms with Crippen molar-refractivity contribution in [2.24, 2.45) is 0 Å². The van der Waals surface area contributed by atoms with E-state index >= 15 is 0 Å². The van der Waals surface area contributed by atoms with Crippen molar-refractivity contribution in [1.29, 1.82) is 0 Å². The van der Waals surface area contributed by atoms with Crippen molar-refractivity contribution in [2.75, 3.05) is 11.9 Å². The molecule has 4 nitrogen and oxygen atoms in total. The molecule has 2 aromatic rings. The molecular formula is C13H12ClFN2O2S. The van der Waals surface area contributed by atoms with E-state index in [1.54, 1.807) is 13.8 Å². The number of carbonyl (C=O) groups is 1. The predicted molar refractivity (Wildman–Crippen MR) is 77.5 cm³/mol. The first-order valence-electron chi connectivity index (χ1n) is 5.88. The van der Waals surface area contributed by atoms with Crippen LogP contribution in [-0.2, 0) is 4.74 Å². The summed E-state index contributed by atoms with van der Waals surface area (Å²) < 4.78 is 22.2. The molecule has 1 N–H and O–H groups in total. The highest BCUT2D eigenvalue weighted by Gasteiger charge is 2.19. The van der Waals surface area contributed by atoms with E-state index in [4.69, 9.17) is 16.3 Å². The number of rotatable bonds is 4. The van der Waals surface area contributed by atoms with Gasteiger partial charge in [0.25, 0.3) is 0 Å². The number of aromatic nitrogens is 1. The van der Waals surface area contributed by atoms with E-state index in [0.717, 1.165) is 11.5 Å². The molecule has 0 saturated carbocycles. The van der Waals surface area contributed by atoms with Crippen molar-refractivity contribution < 1.29 is 13.9 Å². The molecule has 2 rings (SSSR count). The minimum Gasteiger partial charge on any atom is -0.462 e. The van der Waals surface area contributed by atoms with Crippen LogP contribution < -0.4 is 5.32 Å². The first-order valence-corrected chi connectivity index (χ1v) is 7.03. The Morgan fingerprint density at radius 2 is 2.30 bits per heavy atom. The molecule has 0 saturated heterocycles. The summed E-state index contributed by atoms with van der Waals surface area (Å²) in [7, 11) is 0. The highest BCUT2D eigenvalue weighted by atomic mass is 35.5. The molecule has 1 aromatic carbocycles. The first kappa shape index (κ1) is 14.7. The van der Waals surface area contributed by atoms with E-state index in [-0.39, 0.29) is 11.6 Å². The van der Waals surface area contributed by atoms with Crippen molar-refractivity contribution in [3.05, 3.63) is 40.3 Å². The summed E-state index contributed by atoms with van der Waals surface area (Å²) in [4.78, 5) is 11.9. The van der Waals surface area contributed by atoms with E-state index in [2.05, 4.69) is 9.69 Å². The van der Waals surface area contributed by atoms with Crippen molar-refractivity contribution in [3.8, 4) is 0 Å². The van der Waals surface area contributed by atoms with E-state index in [9.17, 15) is 9.18 Å². The van der Waals surface area contributed by atoms with Gasteiger partial charge in [-0.25, -0.2) is 9.18 Å². The molecule has 0 atom stereocenters. The summed E-state index contributed by atoms with van der Waals surface area (Å²) in [6.07, 6.45) is 0. The number of aryl methyl sites for hydroxylation is 1. The maximum Gasteiger partial charge on any atom is 0.343 e. The minimum absolute atomic E-state index is 0.00826. The maximum absolute atomic E-state index is 13.1. The largest absolute Gasteiger partial charge is 0.462 e. The molecule has 0 unspecified atom stereocenters. The average molecular weight is 315 g/mol. The Bertz CT molecular complexity index is 645. The van der Waals surface area contributed by atoms with Crippen LogP contribution in [0.1, 0.15) is 23.0 Å². The molecule has 1 heterocycles. The van der Waals surface area contributed by atoms with Gasteiger partial charge in [-0.3, -0.25) is 0 Å². The van der Waals surface area contributed by atoms with Gasteiger partial charge in [0.15, 0.2) is 0 Å². The number of carbonyl (C=O) groups excluding carboxylic acids is 1. The summed E-state index contributed by atoms with van der Waals surface area (Å²) in [6, 6.07) is 4.23. The van der Waals surface area contributed by atoms with Crippen molar-refractivity contribution >= 4 is 39.8 Å². The summed E-state index contributed by atoms with van der Waals surface area (Å²) in [5.74, 6) is -0.933. The average Bonchev–Trinajstić information content (AvgIpc) is 2.75. The number of benzene rings is 1. The molecule has 0 spiro atoms. The number of esters is 1. The van der Waals surface area contributed by atoms with E-state index in [1.165, 1.54) is 18.2 Å². The minimum atomic E-state index is -0.497. The second kappa shape index (κ2) is 6.19. The summed E-state index contributed by atoms with van der Waals surface area (Å²) >= 11 is 6.85. The van der Waals surface area contributed by atoms with Crippen molar-refractivity contribution in [1.82, 2.24) is 4.37 Å². The third-order valence-electron chi connectivity index (χ3n) is 2.52. The lowest BCUT2D eigenvalue weighted by atomic mass is 10.2. The zero-order valence-electron chi connectivity index (χ0n) is 10.9. The number of nitrogens with zero attached hydrogens (tertiary/aromatic N) is 1. The fourth-order valence-corrected chi connectivity index (χ4v) is 2.59. The Hall–Kier alpha value is -1.66. The van der Waals surface area contributed by atoms with Gasteiger partial charge in [0, 0.05) is 5.69 Å². The molecule has 7 heteroatoms. The Balaban J connectivity index is 2.29. The highest BCUT2D eigenvalue weighted by Crippen LogP contribution is 2.30. The summed E-state index contributed by atoms with van der Waals surface area (Å²) in [5, 5.41) is 3.56. The second-order valence-corrected chi connectivity index (χ2v) is 5.13. The topological polar surface area (TPSA) is 51.2 Å². The Kier molecular flexibility index (Phi) is 4.57. The molecule has 0 amide bonds. The molecule has 0 aliphatic carbocycles. The van der Waals surface area contributed by atoms with Crippen LogP contribution in [0.25, 0.3) is 0 Å². The fourth-order valence-electron chi connectivity index (χ4n) is 1.60. The van der Waals surface area contributed by atoms with E-state index in [0.29, 0.717) is 21.9 Å². The third kappa shape index (κ3) is 3.08. The number of hydrogen-bond acceptors (Lipinski definition) is 5. The fraction of sp³-hybridized carbons (Fsp3) is 0.231. The lowest BCUT2D eigenvalue weighted by Crippen LogP contribution is -2.07. The molecule has 0 fully saturated rings. The Morgan fingerprint density at radius 1 is 1.55 bits per heavy atom. The van der Waals surface area contributed by atoms with Crippen LogP contribution in [0.4, 0.5) is 15.1 Å². The van der Waals surface area contributed by atoms with Crippen LogP contribution in [0.5, 0.6) is 0 Å². The van der Waals surface area contributed by atoms with Crippen LogP contribution in [0.15, 0.2) is 18.2 Å². The van der Waals surface area contributed by atoms with Crippen LogP contribution >= 0.6 is 23.1 Å². The van der Waals surface area contributed by atoms with Gasteiger partial charge in [-0.15, -0.1) is 0 Å². The van der Waals surface area contributed by atoms with Gasteiger partial charge in [-0.2, -0.15) is 4.37 Å². The summed E-state index contributed by atoms with van der Waals surface area (Å²) in [5.41, 5.74) is 1.55. The van der Waals surface area contributed by atoms with Gasteiger partial charge in [-0.1, -0.05) is 11.6 Å². The molecule has 0 aliphatic rings. The van der Waals surface area contributed by atoms with Crippen molar-refractivity contribution in [3.63, 3.8) is 0 Å². The van der Waals surface area contributed by atoms with Crippen LogP contribution in [0, 0.1) is 12.7 Å². The van der Waals surface area contributed by atoms with Gasteiger partial charge in [0.2, 0.25) is 0 Å². The lowest BCUT2D eigenvalue weighted by Gasteiger charge is -2.07. The van der Waals surface area contributed by atoms with Gasteiger partial charge in [0.1, 0.15) is 16.4 Å². The zero-order valence-corrected chi connectivity index (χ0v) is 12.4. The zero-order chi connectivity index (χ0) is 14.7. The molecule has 1 aromatic heterocycles. The molecule has 0 bridgehead atoms. The molecule has 106 valence electrons. The first-order chi connectivity index (χ1) is 9.52. The third-order valence-corrected chi connectivity index (χ3v) is 3.66. The van der Waals surface area contributed by atoms with Crippen LogP contribution in [0.3, 0.4) is 0 Å². The maximum atomic E-state index is 13.1. The molecule has 0 radical (unpaired) electrons. The van der Waals surface area contributed by atoms with E-state index in [1.807, 2.05) is 0 Å². The van der Waals surface area contributed by atoms with Crippen LogP contribution in [-0.4, -0.2) is 16.9 Å². The normalized spacial score (nSPS) is 10.4. The SMILES string of the molecule is CCOC(=O)c1c(C)nsc1Nc1ccc(F)c(Cl)c1. The number of halogens is 2. The quantitative estimate of drug-likeness (QED) is 0.861. The van der Waals surface area contributed by atoms with Gasteiger partial charge < -0.3 is 10.1 Å². The smallest absolute Gasteiger partial charge is 0.343 e. The monoisotopic (exact) mass is 314 g/mol.